The molecule has 2 aliphatic rings. The van der Waals surface area contributed by atoms with Crippen LogP contribution in [0.3, 0.4) is 0 Å². The molecule has 0 bridgehead atoms. The molecular formula is C16H20N2O3. The Bertz CT molecular complexity index is 512. The van der Waals surface area contributed by atoms with Gasteiger partial charge in [0.25, 0.3) is 5.91 Å². The molecule has 112 valence electrons. The normalized spacial score (nSPS) is 22.4. The fourth-order valence-corrected chi connectivity index (χ4v) is 3.01. The summed E-state index contributed by atoms with van der Waals surface area (Å²) in [6, 6.07) is 8.88. The van der Waals surface area contributed by atoms with Crippen LogP contribution in [0.15, 0.2) is 30.3 Å². The van der Waals surface area contributed by atoms with Gasteiger partial charge in [-0.05, 0) is 25.0 Å². The lowest BCUT2D eigenvalue weighted by atomic mass is 10.1. The van der Waals surface area contributed by atoms with E-state index in [4.69, 9.17) is 4.74 Å². The summed E-state index contributed by atoms with van der Waals surface area (Å²) in [6.45, 7) is 3.09. The molecular weight excluding hydrogens is 268 g/mol. The van der Waals surface area contributed by atoms with Crippen molar-refractivity contribution in [3.05, 3.63) is 35.9 Å². The molecule has 5 heteroatoms. The van der Waals surface area contributed by atoms with Gasteiger partial charge < -0.3 is 14.5 Å². The van der Waals surface area contributed by atoms with E-state index in [1.165, 1.54) is 0 Å². The van der Waals surface area contributed by atoms with Gasteiger partial charge in [-0.3, -0.25) is 9.59 Å². The second-order valence-electron chi connectivity index (χ2n) is 5.46. The van der Waals surface area contributed by atoms with Gasteiger partial charge in [0.1, 0.15) is 6.04 Å². The van der Waals surface area contributed by atoms with Crippen molar-refractivity contribution in [2.24, 2.45) is 0 Å². The van der Waals surface area contributed by atoms with Crippen LogP contribution in [0.25, 0.3) is 0 Å². The van der Waals surface area contributed by atoms with E-state index in [-0.39, 0.29) is 17.9 Å². The lowest BCUT2D eigenvalue weighted by Crippen LogP contribution is -2.51. The summed E-state index contributed by atoms with van der Waals surface area (Å²) in [5.74, 6) is 0.0276. The highest BCUT2D eigenvalue weighted by Crippen LogP contribution is 2.22. The zero-order chi connectivity index (χ0) is 14.7. The van der Waals surface area contributed by atoms with Gasteiger partial charge in [-0.25, -0.2) is 0 Å². The van der Waals surface area contributed by atoms with Gasteiger partial charge in [-0.15, -0.1) is 0 Å². The summed E-state index contributed by atoms with van der Waals surface area (Å²) in [5, 5.41) is 0. The van der Waals surface area contributed by atoms with E-state index in [1.807, 2.05) is 23.1 Å². The van der Waals surface area contributed by atoms with E-state index in [1.54, 1.807) is 17.0 Å². The van der Waals surface area contributed by atoms with Crippen LogP contribution in [0.1, 0.15) is 23.2 Å². The summed E-state index contributed by atoms with van der Waals surface area (Å²) in [6.07, 6.45) is 1.65. The van der Waals surface area contributed by atoms with Gasteiger partial charge in [-0.1, -0.05) is 18.2 Å². The average Bonchev–Trinajstić information content (AvgIpc) is 3.04. The zero-order valence-electron chi connectivity index (χ0n) is 12.0. The van der Waals surface area contributed by atoms with E-state index in [9.17, 15) is 9.59 Å². The zero-order valence-corrected chi connectivity index (χ0v) is 12.0. The fourth-order valence-electron chi connectivity index (χ4n) is 3.01. The molecule has 0 N–H and O–H groups in total. The maximum atomic E-state index is 12.6. The van der Waals surface area contributed by atoms with Crippen molar-refractivity contribution in [1.82, 2.24) is 9.80 Å². The third-order valence-electron chi connectivity index (χ3n) is 4.14. The van der Waals surface area contributed by atoms with Crippen molar-refractivity contribution in [3.63, 3.8) is 0 Å². The second-order valence-corrected chi connectivity index (χ2v) is 5.46. The highest BCUT2D eigenvalue weighted by atomic mass is 16.5. The molecule has 0 spiro atoms. The topological polar surface area (TPSA) is 49.9 Å². The smallest absolute Gasteiger partial charge is 0.254 e. The standard InChI is InChI=1S/C16H20N2O3/c19-15(13-5-2-1-3-6-13)18-8-4-7-14(18)16(20)17-9-11-21-12-10-17/h1-3,5-6,14H,4,7-12H2/t14-/m0/s1. The molecule has 3 rings (SSSR count). The molecule has 2 fully saturated rings. The van der Waals surface area contributed by atoms with E-state index in [0.717, 1.165) is 12.8 Å². The molecule has 2 saturated heterocycles. The largest absolute Gasteiger partial charge is 0.378 e. The Hall–Kier alpha value is -1.88. The van der Waals surface area contributed by atoms with E-state index in [2.05, 4.69) is 0 Å². The maximum Gasteiger partial charge on any atom is 0.254 e. The molecule has 0 aromatic heterocycles. The van der Waals surface area contributed by atoms with Crippen LogP contribution >= 0.6 is 0 Å². The minimum absolute atomic E-state index is 0.0419. The Morgan fingerprint density at radius 1 is 1.05 bits per heavy atom. The first-order valence-electron chi connectivity index (χ1n) is 7.50. The third-order valence-corrected chi connectivity index (χ3v) is 4.14. The number of hydrogen-bond acceptors (Lipinski definition) is 3. The first-order valence-corrected chi connectivity index (χ1v) is 7.50. The molecule has 1 aromatic rings. The number of carbonyl (C=O) groups is 2. The van der Waals surface area contributed by atoms with E-state index < -0.39 is 0 Å². The SMILES string of the molecule is O=C([C@@H]1CCCN1C(=O)c1ccccc1)N1CCOCC1. The predicted octanol–water partition coefficient (Wildman–Crippen LogP) is 1.15. The van der Waals surface area contributed by atoms with Crippen LogP contribution in [0.5, 0.6) is 0 Å². The van der Waals surface area contributed by atoms with Crippen LogP contribution < -0.4 is 0 Å². The third kappa shape index (κ3) is 2.93. The quantitative estimate of drug-likeness (QED) is 0.820. The van der Waals surface area contributed by atoms with Crippen LogP contribution in [-0.2, 0) is 9.53 Å². The highest BCUT2D eigenvalue weighted by Gasteiger charge is 2.37. The van der Waals surface area contributed by atoms with Crippen LogP contribution in [0.4, 0.5) is 0 Å². The minimum atomic E-state index is -0.309. The van der Waals surface area contributed by atoms with Crippen molar-refractivity contribution in [2.45, 2.75) is 18.9 Å². The van der Waals surface area contributed by atoms with Crippen molar-refractivity contribution < 1.29 is 14.3 Å². The number of likely N-dealkylation sites (tertiary alicyclic amines) is 1. The maximum absolute atomic E-state index is 12.6. The van der Waals surface area contributed by atoms with Crippen molar-refractivity contribution >= 4 is 11.8 Å². The van der Waals surface area contributed by atoms with Gasteiger partial charge in [0.05, 0.1) is 13.2 Å². The van der Waals surface area contributed by atoms with Gasteiger partial charge in [0.2, 0.25) is 5.91 Å². The van der Waals surface area contributed by atoms with Gasteiger partial charge in [-0.2, -0.15) is 0 Å². The summed E-state index contributed by atoms with van der Waals surface area (Å²) < 4.78 is 5.28. The van der Waals surface area contributed by atoms with Crippen molar-refractivity contribution in [1.29, 1.82) is 0 Å². The minimum Gasteiger partial charge on any atom is -0.378 e. The van der Waals surface area contributed by atoms with E-state index >= 15 is 0 Å². The summed E-state index contributed by atoms with van der Waals surface area (Å²) in [7, 11) is 0. The van der Waals surface area contributed by atoms with Crippen LogP contribution in [0.2, 0.25) is 0 Å². The van der Waals surface area contributed by atoms with Crippen molar-refractivity contribution in [3.8, 4) is 0 Å². The number of benzene rings is 1. The summed E-state index contributed by atoms with van der Waals surface area (Å²) in [4.78, 5) is 28.8. The Balaban J connectivity index is 1.73. The second kappa shape index (κ2) is 6.26. The Labute approximate surface area is 124 Å². The van der Waals surface area contributed by atoms with Gasteiger partial charge >= 0.3 is 0 Å². The molecule has 0 saturated carbocycles. The molecule has 0 radical (unpaired) electrons. The Morgan fingerprint density at radius 3 is 2.48 bits per heavy atom. The molecule has 1 aromatic carbocycles. The lowest BCUT2D eigenvalue weighted by molar-refractivity contribution is -0.139. The molecule has 0 unspecified atom stereocenters. The highest BCUT2D eigenvalue weighted by molar-refractivity contribution is 5.97. The predicted molar refractivity (Wildman–Crippen MR) is 77.9 cm³/mol. The van der Waals surface area contributed by atoms with Crippen LogP contribution in [-0.4, -0.2) is 60.5 Å². The molecule has 21 heavy (non-hydrogen) atoms. The number of morpholine rings is 1. The van der Waals surface area contributed by atoms with E-state index in [0.29, 0.717) is 38.4 Å². The summed E-state index contributed by atoms with van der Waals surface area (Å²) in [5.41, 5.74) is 0.652. The first kappa shape index (κ1) is 14.1. The molecule has 5 nitrogen and oxygen atoms in total. The molecule has 1 atom stereocenters. The summed E-state index contributed by atoms with van der Waals surface area (Å²) >= 11 is 0. The molecule has 2 amide bonds. The van der Waals surface area contributed by atoms with Crippen LogP contribution in [0, 0.1) is 0 Å². The molecule has 2 heterocycles. The number of carbonyl (C=O) groups excluding carboxylic acids is 2. The number of rotatable bonds is 2. The lowest BCUT2D eigenvalue weighted by Gasteiger charge is -2.32. The monoisotopic (exact) mass is 288 g/mol. The van der Waals surface area contributed by atoms with Gasteiger partial charge in [0.15, 0.2) is 0 Å². The Kier molecular flexibility index (Phi) is 4.20. The van der Waals surface area contributed by atoms with Gasteiger partial charge in [0, 0.05) is 25.2 Å². The number of nitrogens with zero attached hydrogens (tertiary/aromatic N) is 2. The number of ether oxygens (including phenoxy) is 1. The molecule has 2 aliphatic heterocycles. The number of amides is 2. The first-order chi connectivity index (χ1) is 10.3. The number of hydrogen-bond donors (Lipinski definition) is 0. The average molecular weight is 288 g/mol. The fraction of sp³-hybridized carbons (Fsp3) is 0.500. The Morgan fingerprint density at radius 2 is 1.76 bits per heavy atom. The van der Waals surface area contributed by atoms with Crippen molar-refractivity contribution in [2.75, 3.05) is 32.8 Å². The molecule has 0 aliphatic carbocycles.